The lowest BCUT2D eigenvalue weighted by Gasteiger charge is -2.46. The van der Waals surface area contributed by atoms with Crippen LogP contribution in [0.1, 0.15) is 88.7 Å². The normalized spacial score (nSPS) is 29.6. The minimum atomic E-state index is -0.0000224. The van der Waals surface area contributed by atoms with E-state index in [9.17, 15) is 4.79 Å². The summed E-state index contributed by atoms with van der Waals surface area (Å²) in [6.07, 6.45) is 15.7. The summed E-state index contributed by atoms with van der Waals surface area (Å²) in [7, 11) is 0. The number of hydrogen-bond donors (Lipinski definition) is 5. The van der Waals surface area contributed by atoms with E-state index >= 15 is 0 Å². The third-order valence-electron chi connectivity index (χ3n) is 10.1. The highest BCUT2D eigenvalue weighted by Crippen LogP contribution is 2.34. The van der Waals surface area contributed by atoms with Gasteiger partial charge in [-0.15, -0.1) is 0 Å². The molecule has 5 N–H and O–H groups in total. The number of carbonyl (C=O) groups excluding carboxylic acids is 1. The fourth-order valence-corrected chi connectivity index (χ4v) is 7.36. The van der Waals surface area contributed by atoms with Crippen LogP contribution in [0.5, 0.6) is 0 Å². The van der Waals surface area contributed by atoms with E-state index in [-0.39, 0.29) is 12.1 Å². The van der Waals surface area contributed by atoms with Crippen molar-refractivity contribution in [1.29, 1.82) is 0 Å². The Morgan fingerprint density at radius 3 is 2.22 bits per heavy atom. The summed E-state index contributed by atoms with van der Waals surface area (Å²) in [5, 5.41) is 20.9. The Balaban J connectivity index is 0.798. The first kappa shape index (κ1) is 26.9. The van der Waals surface area contributed by atoms with E-state index in [1.165, 1.54) is 70.4 Å². The zero-order valence-electron chi connectivity index (χ0n) is 24.2. The maximum atomic E-state index is 12.7. The summed E-state index contributed by atoms with van der Waals surface area (Å²) < 4.78 is 0. The molecule has 3 heterocycles. The molecule has 0 radical (unpaired) electrons. The van der Waals surface area contributed by atoms with Gasteiger partial charge in [-0.3, -0.25) is 14.9 Å². The minimum absolute atomic E-state index is 0.0000224. The predicted molar refractivity (Wildman–Crippen MR) is 159 cm³/mol. The molecule has 2 aromatic rings. The molecule has 1 aliphatic heterocycles. The number of aromatic amines is 1. The van der Waals surface area contributed by atoms with E-state index in [4.69, 9.17) is 0 Å². The van der Waals surface area contributed by atoms with Crippen molar-refractivity contribution >= 4 is 23.6 Å². The molecular weight excluding hydrogens is 516 g/mol. The van der Waals surface area contributed by atoms with Gasteiger partial charge in [0.15, 0.2) is 5.82 Å². The molecule has 2 aromatic heterocycles. The Hall–Kier alpha value is -2.92. The molecule has 11 nitrogen and oxygen atoms in total. The number of H-pyrrole nitrogens is 1. The van der Waals surface area contributed by atoms with E-state index < -0.39 is 0 Å². The van der Waals surface area contributed by atoms with Crippen molar-refractivity contribution in [3.05, 3.63) is 24.0 Å². The third-order valence-corrected chi connectivity index (χ3v) is 10.1. The van der Waals surface area contributed by atoms with E-state index in [1.807, 2.05) is 6.07 Å². The van der Waals surface area contributed by atoms with Crippen LogP contribution in [-0.2, 0) is 0 Å². The lowest BCUT2D eigenvalue weighted by Crippen LogP contribution is -2.60. The largest absolute Gasteiger partial charge is 0.351 e. The standard InChI is InChI=1S/C30H46N10O/c41-30(34-23-17-25(18-23)40-15-13-39(14-16-40)24-9-10-24)33-22-7-5-21(6-8-22)32-29-31-12-11-27(36-29)35-28-19-26(37-38-28)20-3-1-2-4-20/h11-12,19-25H,1-10,13-18H2,(H2,33,34,41)(H3,31,32,35,36,37,38). The minimum Gasteiger partial charge on any atom is -0.351 e. The summed E-state index contributed by atoms with van der Waals surface area (Å²) >= 11 is 0. The molecule has 4 aliphatic carbocycles. The van der Waals surface area contributed by atoms with Crippen LogP contribution < -0.4 is 21.3 Å². The molecule has 4 saturated carbocycles. The van der Waals surface area contributed by atoms with Crippen molar-refractivity contribution in [2.75, 3.05) is 36.8 Å². The van der Waals surface area contributed by atoms with Crippen molar-refractivity contribution in [3.63, 3.8) is 0 Å². The molecule has 2 amide bonds. The van der Waals surface area contributed by atoms with Gasteiger partial charge in [0.25, 0.3) is 0 Å². The van der Waals surface area contributed by atoms with Gasteiger partial charge in [-0.1, -0.05) is 12.8 Å². The topological polar surface area (TPSA) is 126 Å². The number of carbonyl (C=O) groups is 1. The lowest BCUT2D eigenvalue weighted by molar-refractivity contribution is 0.0444. The van der Waals surface area contributed by atoms with Gasteiger partial charge in [-0.05, 0) is 70.3 Å². The first-order valence-electron chi connectivity index (χ1n) is 16.1. The average Bonchev–Trinajstić information content (AvgIpc) is 3.46. The number of urea groups is 1. The van der Waals surface area contributed by atoms with Crippen LogP contribution in [0.4, 0.5) is 22.4 Å². The van der Waals surface area contributed by atoms with E-state index in [0.717, 1.165) is 56.2 Å². The van der Waals surface area contributed by atoms with E-state index in [1.54, 1.807) is 6.20 Å². The predicted octanol–water partition coefficient (Wildman–Crippen LogP) is 3.93. The lowest BCUT2D eigenvalue weighted by atomic mass is 9.85. The first-order chi connectivity index (χ1) is 20.1. The van der Waals surface area contributed by atoms with Gasteiger partial charge in [0.1, 0.15) is 5.82 Å². The van der Waals surface area contributed by atoms with Crippen LogP contribution in [0.15, 0.2) is 18.3 Å². The van der Waals surface area contributed by atoms with Gasteiger partial charge in [-0.2, -0.15) is 10.1 Å². The fraction of sp³-hybridized carbons (Fsp3) is 0.733. The van der Waals surface area contributed by atoms with Crippen molar-refractivity contribution in [1.82, 2.24) is 40.6 Å². The zero-order chi connectivity index (χ0) is 27.6. The molecule has 0 bridgehead atoms. The Morgan fingerprint density at radius 2 is 1.49 bits per heavy atom. The zero-order valence-corrected chi connectivity index (χ0v) is 24.2. The van der Waals surface area contributed by atoms with Crippen LogP contribution >= 0.6 is 0 Å². The second kappa shape index (κ2) is 12.1. The Morgan fingerprint density at radius 1 is 0.805 bits per heavy atom. The molecule has 41 heavy (non-hydrogen) atoms. The highest BCUT2D eigenvalue weighted by Gasteiger charge is 2.38. The van der Waals surface area contributed by atoms with Crippen LogP contribution in [0.3, 0.4) is 0 Å². The van der Waals surface area contributed by atoms with Gasteiger partial charge in [0, 0.05) is 80.3 Å². The Kier molecular flexibility index (Phi) is 7.97. The molecule has 0 atom stereocenters. The van der Waals surface area contributed by atoms with Crippen molar-refractivity contribution in [3.8, 4) is 0 Å². The Bertz CT molecular complexity index is 1160. The summed E-state index contributed by atoms with van der Waals surface area (Å²) in [6.45, 7) is 4.82. The van der Waals surface area contributed by atoms with Gasteiger partial charge in [0.2, 0.25) is 5.95 Å². The molecule has 0 spiro atoms. The fourth-order valence-electron chi connectivity index (χ4n) is 7.36. The number of aromatic nitrogens is 4. The van der Waals surface area contributed by atoms with Crippen LogP contribution in [0.25, 0.3) is 0 Å². The molecule has 5 fully saturated rings. The molecule has 7 rings (SSSR count). The molecule has 0 unspecified atom stereocenters. The van der Waals surface area contributed by atoms with Crippen LogP contribution in [0, 0.1) is 0 Å². The number of nitrogens with one attached hydrogen (secondary N) is 5. The maximum absolute atomic E-state index is 12.7. The van der Waals surface area contributed by atoms with Gasteiger partial charge in [0.05, 0.1) is 0 Å². The number of piperazine rings is 1. The van der Waals surface area contributed by atoms with E-state index in [0.29, 0.717) is 30.0 Å². The number of rotatable bonds is 9. The molecule has 0 aromatic carbocycles. The molecule has 222 valence electrons. The summed E-state index contributed by atoms with van der Waals surface area (Å²) in [5.41, 5.74) is 1.21. The summed E-state index contributed by atoms with van der Waals surface area (Å²) in [5.74, 6) is 2.76. The number of amides is 2. The van der Waals surface area contributed by atoms with Gasteiger partial charge in [-0.25, -0.2) is 9.78 Å². The molecule has 1 saturated heterocycles. The second-order valence-corrected chi connectivity index (χ2v) is 13.0. The van der Waals surface area contributed by atoms with Crippen LogP contribution in [0.2, 0.25) is 0 Å². The van der Waals surface area contributed by atoms with Crippen LogP contribution in [-0.4, -0.2) is 92.4 Å². The van der Waals surface area contributed by atoms with Crippen molar-refractivity contribution < 1.29 is 4.79 Å². The Labute approximate surface area is 243 Å². The summed E-state index contributed by atoms with van der Waals surface area (Å²) in [4.78, 5) is 27.1. The molecular formula is C30H46N10O. The SMILES string of the molecule is O=C(NC1CCC(Nc2nccc(Nc3cc(C4CCCC4)[nH]n3)n2)CC1)NC1CC(N2CCN(C3CC3)CC2)C1. The monoisotopic (exact) mass is 562 g/mol. The number of hydrogen-bond acceptors (Lipinski definition) is 8. The van der Waals surface area contributed by atoms with Gasteiger partial charge < -0.3 is 21.3 Å². The van der Waals surface area contributed by atoms with Crippen molar-refractivity contribution in [2.24, 2.45) is 0 Å². The maximum Gasteiger partial charge on any atom is 0.315 e. The number of nitrogens with zero attached hydrogens (tertiary/aromatic N) is 5. The number of anilines is 3. The first-order valence-corrected chi connectivity index (χ1v) is 16.1. The third kappa shape index (κ3) is 6.77. The second-order valence-electron chi connectivity index (χ2n) is 13.0. The van der Waals surface area contributed by atoms with Crippen molar-refractivity contribution in [2.45, 2.75) is 113 Å². The molecule has 5 aliphatic rings. The summed E-state index contributed by atoms with van der Waals surface area (Å²) in [6, 6.07) is 6.34. The van der Waals surface area contributed by atoms with E-state index in [2.05, 4.69) is 57.3 Å². The smallest absolute Gasteiger partial charge is 0.315 e. The average molecular weight is 563 g/mol. The highest BCUT2D eigenvalue weighted by molar-refractivity contribution is 5.74. The highest BCUT2D eigenvalue weighted by atomic mass is 16.2. The van der Waals surface area contributed by atoms with Gasteiger partial charge >= 0.3 is 6.03 Å². The quantitative estimate of drug-likeness (QED) is 0.311. The molecule has 11 heteroatoms.